The number of nitrogens with one attached hydrogen (secondary N) is 2. The lowest BCUT2D eigenvalue weighted by Crippen LogP contribution is -2.29. The van der Waals surface area contributed by atoms with Crippen LogP contribution in [0.1, 0.15) is 0 Å². The lowest BCUT2D eigenvalue weighted by Gasteiger charge is -2.03. The number of nitrogens with zero attached hydrogens (tertiary/aromatic N) is 2. The third kappa shape index (κ3) is 4.89. The Morgan fingerprint density at radius 3 is 3.18 bits per heavy atom. The van der Waals surface area contributed by atoms with E-state index in [9.17, 15) is 4.79 Å². The van der Waals surface area contributed by atoms with Gasteiger partial charge in [0.2, 0.25) is 0 Å². The van der Waals surface area contributed by atoms with Crippen LogP contribution in [0.4, 0.5) is 0 Å². The summed E-state index contributed by atoms with van der Waals surface area (Å²) in [6.45, 7) is 1.56. The van der Waals surface area contributed by atoms with Crippen LogP contribution < -0.4 is 10.6 Å². The van der Waals surface area contributed by atoms with E-state index in [1.165, 1.54) is 6.20 Å². The smallest absolute Gasteiger partial charge is 0.263 e. The van der Waals surface area contributed by atoms with Crippen molar-refractivity contribution in [2.75, 3.05) is 32.6 Å². The summed E-state index contributed by atoms with van der Waals surface area (Å²) in [5, 5.41) is 15.0. The van der Waals surface area contributed by atoms with Crippen LogP contribution in [0.5, 0.6) is 0 Å². The predicted octanol–water partition coefficient (Wildman–Crippen LogP) is -0.151. The summed E-state index contributed by atoms with van der Waals surface area (Å²) in [6.07, 6.45) is 1.37. The summed E-state index contributed by atoms with van der Waals surface area (Å²) < 4.78 is 4.79. The Kier molecular flexibility index (Phi) is 6.14. The Balaban J connectivity index is 2.43. The normalized spacial score (nSPS) is 15.1. The van der Waals surface area contributed by atoms with Gasteiger partial charge in [-0.2, -0.15) is 5.26 Å². The molecule has 0 atom stereocenters. The maximum Gasteiger partial charge on any atom is 0.263 e. The van der Waals surface area contributed by atoms with Gasteiger partial charge in [0.1, 0.15) is 11.6 Å². The zero-order valence-electron chi connectivity index (χ0n) is 9.52. The van der Waals surface area contributed by atoms with Crippen molar-refractivity contribution in [2.45, 2.75) is 0 Å². The number of nitriles is 1. The van der Waals surface area contributed by atoms with Crippen molar-refractivity contribution in [1.29, 1.82) is 5.26 Å². The third-order valence-corrected chi connectivity index (χ3v) is 2.79. The van der Waals surface area contributed by atoms with E-state index in [1.54, 1.807) is 18.9 Å². The number of thioether (sulfide) groups is 1. The largest absolute Gasteiger partial charge is 0.383 e. The molecule has 1 amide bonds. The number of carbonyl (C=O) groups excluding carboxylic acids is 1. The molecule has 1 aliphatic rings. The Labute approximate surface area is 104 Å². The molecular weight excluding hydrogens is 240 g/mol. The maximum absolute atomic E-state index is 11.5. The summed E-state index contributed by atoms with van der Waals surface area (Å²) >= 11 is 1.56. The van der Waals surface area contributed by atoms with Gasteiger partial charge in [0.15, 0.2) is 5.17 Å². The fourth-order valence-electron chi connectivity index (χ4n) is 1.07. The molecule has 0 saturated heterocycles. The molecule has 0 unspecified atom stereocenters. The maximum atomic E-state index is 11.5. The number of hydrogen-bond acceptors (Lipinski definition) is 6. The molecule has 1 aliphatic heterocycles. The molecule has 92 valence electrons. The molecule has 6 nitrogen and oxygen atoms in total. The predicted molar refractivity (Wildman–Crippen MR) is 66.5 cm³/mol. The van der Waals surface area contributed by atoms with Crippen LogP contribution >= 0.6 is 11.8 Å². The summed E-state index contributed by atoms with van der Waals surface area (Å²) in [4.78, 5) is 15.6. The third-order valence-electron chi connectivity index (χ3n) is 1.88. The average molecular weight is 254 g/mol. The van der Waals surface area contributed by atoms with E-state index < -0.39 is 5.91 Å². The molecule has 0 radical (unpaired) electrons. The topological polar surface area (TPSA) is 86.5 Å². The first-order valence-corrected chi connectivity index (χ1v) is 6.07. The van der Waals surface area contributed by atoms with Gasteiger partial charge in [-0.05, 0) is 0 Å². The first-order valence-electron chi connectivity index (χ1n) is 5.09. The molecule has 0 aromatic heterocycles. The average Bonchev–Trinajstić information content (AvgIpc) is 2.83. The van der Waals surface area contributed by atoms with Crippen LogP contribution in [-0.4, -0.2) is 43.6 Å². The molecule has 17 heavy (non-hydrogen) atoms. The minimum atomic E-state index is -0.416. The van der Waals surface area contributed by atoms with E-state index in [-0.39, 0.29) is 5.57 Å². The van der Waals surface area contributed by atoms with Crippen LogP contribution in [0.3, 0.4) is 0 Å². The summed E-state index contributed by atoms with van der Waals surface area (Å²) in [5.74, 6) is 0.513. The second kappa shape index (κ2) is 7.70. The van der Waals surface area contributed by atoms with Crippen molar-refractivity contribution in [3.8, 4) is 6.07 Å². The molecule has 0 bridgehead atoms. The van der Waals surface area contributed by atoms with Crippen LogP contribution in [0.2, 0.25) is 0 Å². The number of methoxy groups -OCH3 is 1. The highest BCUT2D eigenvalue weighted by atomic mass is 32.2. The van der Waals surface area contributed by atoms with E-state index in [2.05, 4.69) is 15.6 Å². The van der Waals surface area contributed by atoms with Gasteiger partial charge in [0.05, 0.1) is 13.2 Å². The van der Waals surface area contributed by atoms with Crippen LogP contribution in [0.15, 0.2) is 16.8 Å². The monoisotopic (exact) mass is 254 g/mol. The van der Waals surface area contributed by atoms with Crippen molar-refractivity contribution >= 4 is 22.8 Å². The van der Waals surface area contributed by atoms with Gasteiger partial charge in [0, 0.05) is 25.6 Å². The van der Waals surface area contributed by atoms with Gasteiger partial charge >= 0.3 is 0 Å². The fraction of sp³-hybridized carbons (Fsp3) is 0.500. The van der Waals surface area contributed by atoms with Crippen molar-refractivity contribution in [1.82, 2.24) is 10.6 Å². The quantitative estimate of drug-likeness (QED) is 0.405. The number of amides is 1. The van der Waals surface area contributed by atoms with Crippen molar-refractivity contribution < 1.29 is 9.53 Å². The minimum absolute atomic E-state index is 0.0244. The minimum Gasteiger partial charge on any atom is -0.383 e. The van der Waals surface area contributed by atoms with Gasteiger partial charge in [-0.1, -0.05) is 11.8 Å². The molecule has 0 fully saturated rings. The summed E-state index contributed by atoms with van der Waals surface area (Å²) in [6, 6.07) is 1.83. The molecule has 0 aromatic rings. The molecule has 1 rings (SSSR count). The Bertz CT molecular complexity index is 373. The fourth-order valence-corrected chi connectivity index (χ4v) is 1.77. The van der Waals surface area contributed by atoms with Gasteiger partial charge in [-0.3, -0.25) is 9.79 Å². The highest BCUT2D eigenvalue weighted by molar-refractivity contribution is 8.14. The summed E-state index contributed by atoms with van der Waals surface area (Å²) in [5.41, 5.74) is 0.0244. The molecule has 2 N–H and O–H groups in total. The van der Waals surface area contributed by atoms with Crippen LogP contribution in [-0.2, 0) is 9.53 Å². The zero-order valence-corrected chi connectivity index (χ0v) is 10.3. The number of aliphatic imine (C=N–C) groups is 1. The van der Waals surface area contributed by atoms with Crippen LogP contribution in [0, 0.1) is 11.3 Å². The molecule has 0 saturated carbocycles. The number of carbonyl (C=O) groups is 1. The highest BCUT2D eigenvalue weighted by Gasteiger charge is 2.09. The standard InChI is InChI=1S/C10H14N4O2S/c1-16-4-2-12-9(15)8(6-11)7-14-10-13-3-5-17-10/h7H,2-5H2,1H3,(H,12,15)(H,13,14)/b8-7-. The number of amidine groups is 1. The molecule has 0 aromatic carbocycles. The first-order chi connectivity index (χ1) is 8.27. The Morgan fingerprint density at radius 1 is 1.76 bits per heavy atom. The Hall–Kier alpha value is -1.52. The SMILES string of the molecule is COCCNC(=O)/C(C#N)=C\NC1=NCCS1. The molecular formula is C10H14N4O2S. The lowest BCUT2D eigenvalue weighted by molar-refractivity contribution is -0.117. The number of ether oxygens (including phenoxy) is 1. The van der Waals surface area contributed by atoms with E-state index in [0.717, 1.165) is 17.5 Å². The second-order valence-electron chi connectivity index (χ2n) is 3.10. The molecule has 0 aliphatic carbocycles. The molecule has 7 heteroatoms. The van der Waals surface area contributed by atoms with Crippen molar-refractivity contribution in [2.24, 2.45) is 4.99 Å². The molecule has 1 heterocycles. The van der Waals surface area contributed by atoms with E-state index in [0.29, 0.717) is 13.2 Å². The molecule has 0 spiro atoms. The lowest BCUT2D eigenvalue weighted by atomic mass is 10.3. The zero-order chi connectivity index (χ0) is 12.5. The van der Waals surface area contributed by atoms with Gasteiger partial charge < -0.3 is 15.4 Å². The van der Waals surface area contributed by atoms with Crippen molar-refractivity contribution in [3.63, 3.8) is 0 Å². The number of rotatable bonds is 5. The van der Waals surface area contributed by atoms with Gasteiger partial charge in [-0.25, -0.2) is 0 Å². The van der Waals surface area contributed by atoms with Gasteiger partial charge in [-0.15, -0.1) is 0 Å². The second-order valence-corrected chi connectivity index (χ2v) is 4.18. The van der Waals surface area contributed by atoms with Crippen LogP contribution in [0.25, 0.3) is 0 Å². The van der Waals surface area contributed by atoms with E-state index in [4.69, 9.17) is 10.00 Å². The first kappa shape index (κ1) is 13.5. The van der Waals surface area contributed by atoms with Crippen molar-refractivity contribution in [3.05, 3.63) is 11.8 Å². The number of hydrogen-bond donors (Lipinski definition) is 2. The highest BCUT2D eigenvalue weighted by Crippen LogP contribution is 2.08. The van der Waals surface area contributed by atoms with E-state index >= 15 is 0 Å². The van der Waals surface area contributed by atoms with Gasteiger partial charge in [0.25, 0.3) is 5.91 Å². The summed E-state index contributed by atoms with van der Waals surface area (Å²) in [7, 11) is 1.55. The Morgan fingerprint density at radius 2 is 2.59 bits per heavy atom. The van der Waals surface area contributed by atoms with E-state index in [1.807, 2.05) is 6.07 Å².